The first-order valence-electron chi connectivity index (χ1n) is 6.12. The average Bonchev–Trinajstić information content (AvgIpc) is 2.87. The van der Waals surface area contributed by atoms with Crippen molar-refractivity contribution in [3.8, 4) is 0 Å². The summed E-state index contributed by atoms with van der Waals surface area (Å²) in [5.41, 5.74) is 0.545. The van der Waals surface area contributed by atoms with Crippen LogP contribution in [0.1, 0.15) is 20.9 Å². The smallest absolute Gasteiger partial charge is 0.779 e. The predicted octanol–water partition coefficient (Wildman–Crippen LogP) is -2.07. The van der Waals surface area contributed by atoms with Crippen LogP contribution in [0.15, 0.2) is 28.7 Å². The van der Waals surface area contributed by atoms with Gasteiger partial charge in [-0.1, -0.05) is 6.07 Å². The quantitative estimate of drug-likeness (QED) is 0.370. The fourth-order valence-corrected chi connectivity index (χ4v) is 2.02. The zero-order chi connectivity index (χ0) is 16.3. The Morgan fingerprint density at radius 2 is 2.00 bits per heavy atom. The summed E-state index contributed by atoms with van der Waals surface area (Å²) in [5.74, 6) is -1.56. The molecule has 10 heteroatoms. The second-order valence-electron chi connectivity index (χ2n) is 4.35. The normalized spacial score (nSPS) is 13.0. The van der Waals surface area contributed by atoms with Crippen LogP contribution in [0.4, 0.5) is 0 Å². The molecule has 0 bridgehead atoms. The Morgan fingerprint density at radius 1 is 1.30 bits per heavy atom. The Hall–Kier alpha value is -1.15. The average molecular weight is 350 g/mol. The zero-order valence-electron chi connectivity index (χ0n) is 12.5. The number of esters is 2. The minimum atomic E-state index is -4.47. The van der Waals surface area contributed by atoms with Gasteiger partial charge in [0.15, 0.2) is 0 Å². The molecule has 23 heavy (non-hydrogen) atoms. The molecule has 1 atom stereocenters. The van der Waals surface area contributed by atoms with Gasteiger partial charge in [0, 0.05) is 11.5 Å². The molecule has 2 aromatic rings. The molecule has 1 unspecified atom stereocenters. The van der Waals surface area contributed by atoms with E-state index in [1.165, 1.54) is 25.3 Å². The van der Waals surface area contributed by atoms with Gasteiger partial charge in [-0.2, -0.15) is 0 Å². The Balaban J connectivity index is 0.00000264. The van der Waals surface area contributed by atoms with Crippen LogP contribution < -0.4 is 34.5 Å². The molecule has 0 aliphatic heterocycles. The Bertz CT molecular complexity index is 762. The fraction of sp³-hybridized carbons (Fsp3) is 0.231. The minimum Gasteiger partial charge on any atom is -0.779 e. The summed E-state index contributed by atoms with van der Waals surface area (Å²) in [7, 11) is -3.23. The van der Waals surface area contributed by atoms with Crippen molar-refractivity contribution < 1.29 is 67.4 Å². The molecule has 8 nitrogen and oxygen atoms in total. The van der Waals surface area contributed by atoms with Crippen molar-refractivity contribution >= 4 is 30.5 Å². The molecule has 0 aliphatic carbocycles. The molecule has 0 spiro atoms. The van der Waals surface area contributed by atoms with E-state index in [2.05, 4.69) is 9.47 Å². The van der Waals surface area contributed by atoms with Crippen LogP contribution >= 0.6 is 7.60 Å². The summed E-state index contributed by atoms with van der Waals surface area (Å²) in [6, 6.07) is 5.89. The monoisotopic (exact) mass is 350 g/mol. The number of benzene rings is 1. The van der Waals surface area contributed by atoms with E-state index < -0.39 is 32.3 Å². The zero-order valence-corrected chi connectivity index (χ0v) is 15.4. The van der Waals surface area contributed by atoms with Crippen LogP contribution in [0.3, 0.4) is 0 Å². The van der Waals surface area contributed by atoms with E-state index >= 15 is 0 Å². The van der Waals surface area contributed by atoms with Crippen molar-refractivity contribution in [3.05, 3.63) is 35.6 Å². The number of hydrogen-bond donors (Lipinski definition) is 1. The van der Waals surface area contributed by atoms with Gasteiger partial charge in [0.2, 0.25) is 5.76 Å². The first-order valence-corrected chi connectivity index (χ1v) is 7.88. The van der Waals surface area contributed by atoms with Crippen molar-refractivity contribution in [2.24, 2.45) is 0 Å². The number of furan rings is 1. The molecule has 118 valence electrons. The number of ether oxygens (including phenoxy) is 2. The summed E-state index contributed by atoms with van der Waals surface area (Å²) >= 11 is 0. The Labute approximate surface area is 153 Å². The van der Waals surface area contributed by atoms with Crippen LogP contribution in [0.25, 0.3) is 11.0 Å². The van der Waals surface area contributed by atoms with E-state index in [4.69, 9.17) is 9.31 Å². The van der Waals surface area contributed by atoms with E-state index in [1.807, 2.05) is 0 Å². The van der Waals surface area contributed by atoms with Crippen molar-refractivity contribution in [3.63, 3.8) is 0 Å². The number of carbonyl (C=O) groups is 2. The van der Waals surface area contributed by atoms with Crippen molar-refractivity contribution in [2.75, 3.05) is 19.9 Å². The van der Waals surface area contributed by atoms with Gasteiger partial charge in [0.05, 0.1) is 19.3 Å². The standard InChI is InChI=1S/C13H13O8P.Na/c1-19-12(14)9-3-2-8-6-11(21-10(8)7-9)13(15)20-4-5-22(16,17)18;/h2-3,6-7H,4-5H2,1H3,(H2,16,17,18);/q;+1/p-1. The maximum atomic E-state index is 11.7. The van der Waals surface area contributed by atoms with Crippen molar-refractivity contribution in [2.45, 2.75) is 0 Å². The van der Waals surface area contributed by atoms with E-state index in [9.17, 15) is 19.0 Å². The van der Waals surface area contributed by atoms with Crippen LogP contribution in [-0.4, -0.2) is 36.7 Å². The molecule has 1 aromatic carbocycles. The summed E-state index contributed by atoms with van der Waals surface area (Å²) in [5, 5.41) is 0.566. The molecule has 0 amide bonds. The second kappa shape index (κ2) is 8.10. The van der Waals surface area contributed by atoms with E-state index in [1.54, 1.807) is 6.07 Å². The van der Waals surface area contributed by atoms with Gasteiger partial charge < -0.3 is 28.2 Å². The molecule has 0 saturated carbocycles. The third-order valence-corrected chi connectivity index (χ3v) is 3.50. The first-order chi connectivity index (χ1) is 10.3. The summed E-state index contributed by atoms with van der Waals surface area (Å²) in [6.45, 7) is -0.486. The van der Waals surface area contributed by atoms with Crippen LogP contribution in [0, 0.1) is 0 Å². The number of methoxy groups -OCH3 is 1. The van der Waals surface area contributed by atoms with Crippen LogP contribution in [-0.2, 0) is 14.0 Å². The van der Waals surface area contributed by atoms with Gasteiger partial charge in [-0.3, -0.25) is 0 Å². The molecule has 1 N–H and O–H groups in total. The summed E-state index contributed by atoms with van der Waals surface area (Å²) in [4.78, 5) is 42.2. The van der Waals surface area contributed by atoms with Crippen molar-refractivity contribution in [1.29, 1.82) is 0 Å². The molecule has 2 rings (SSSR count). The molecule has 1 aromatic heterocycles. The molecule has 0 fully saturated rings. The first kappa shape index (κ1) is 19.9. The predicted molar refractivity (Wildman–Crippen MR) is 72.5 cm³/mol. The molecular weight excluding hydrogens is 338 g/mol. The van der Waals surface area contributed by atoms with Gasteiger partial charge in [0.1, 0.15) is 13.2 Å². The second-order valence-corrected chi connectivity index (χ2v) is 6.07. The largest absolute Gasteiger partial charge is 1.00 e. The van der Waals surface area contributed by atoms with E-state index in [-0.39, 0.29) is 46.5 Å². The van der Waals surface area contributed by atoms with Gasteiger partial charge in [0.25, 0.3) is 0 Å². The SMILES string of the molecule is COC(=O)c1ccc2cc(C(=O)OCCP(=O)([O-])O)oc2c1.[Na+]. The molecule has 0 aliphatic rings. The summed E-state index contributed by atoms with van der Waals surface area (Å²) in [6.07, 6.45) is -0.675. The Morgan fingerprint density at radius 3 is 2.61 bits per heavy atom. The molecular formula is C13H12NaO8P. The number of rotatable bonds is 5. The third-order valence-electron chi connectivity index (χ3n) is 2.75. The van der Waals surface area contributed by atoms with Crippen LogP contribution in [0.2, 0.25) is 0 Å². The topological polar surface area (TPSA) is 126 Å². The van der Waals surface area contributed by atoms with E-state index in [0.717, 1.165) is 0 Å². The van der Waals surface area contributed by atoms with Crippen LogP contribution in [0.5, 0.6) is 0 Å². The molecule has 0 radical (unpaired) electrons. The maximum Gasteiger partial charge on any atom is 1.00 e. The number of hydrogen-bond acceptors (Lipinski definition) is 7. The van der Waals surface area contributed by atoms with Gasteiger partial charge in [-0.25, -0.2) is 9.59 Å². The fourth-order valence-electron chi connectivity index (χ4n) is 1.70. The molecule has 1 heterocycles. The van der Waals surface area contributed by atoms with Crippen molar-refractivity contribution in [1.82, 2.24) is 0 Å². The van der Waals surface area contributed by atoms with E-state index in [0.29, 0.717) is 5.39 Å². The minimum absolute atomic E-state index is 0. The Kier molecular flexibility index (Phi) is 7.01. The van der Waals surface area contributed by atoms with Gasteiger partial charge in [-0.05, 0) is 18.2 Å². The van der Waals surface area contributed by atoms with Gasteiger partial charge in [-0.15, -0.1) is 0 Å². The summed E-state index contributed by atoms with van der Waals surface area (Å²) < 4.78 is 25.0. The van der Waals surface area contributed by atoms with Gasteiger partial charge >= 0.3 is 41.5 Å². The maximum absolute atomic E-state index is 11.7. The number of fused-ring (bicyclic) bond motifs is 1. The number of carbonyl (C=O) groups excluding carboxylic acids is 2. The molecule has 0 saturated heterocycles. The third kappa shape index (κ3) is 5.46.